The Labute approximate surface area is 150 Å². The highest BCUT2D eigenvalue weighted by Crippen LogP contribution is 2.10. The number of nitrogens with one attached hydrogen (secondary N) is 2. The quantitative estimate of drug-likeness (QED) is 0.521. The van der Waals surface area contributed by atoms with Crippen LogP contribution in [0.15, 0.2) is 24.3 Å². The number of ether oxygens (including phenoxy) is 1. The Morgan fingerprint density at radius 2 is 1.81 bits per heavy atom. The van der Waals surface area contributed by atoms with Crippen molar-refractivity contribution >= 4 is 23.7 Å². The lowest BCUT2D eigenvalue weighted by Crippen LogP contribution is -2.54. The molecule has 9 heteroatoms. The molecule has 3 amide bonds. The molecule has 0 aliphatic heterocycles. The first-order valence-corrected chi connectivity index (χ1v) is 8.00. The van der Waals surface area contributed by atoms with Gasteiger partial charge in [-0.05, 0) is 18.6 Å². The minimum absolute atomic E-state index is 0.111. The largest absolute Gasteiger partial charge is 0.466 e. The number of esters is 1. The van der Waals surface area contributed by atoms with Crippen molar-refractivity contribution in [2.24, 2.45) is 5.73 Å². The van der Waals surface area contributed by atoms with Crippen molar-refractivity contribution in [1.82, 2.24) is 10.6 Å². The maximum absolute atomic E-state index is 13.8. The Morgan fingerprint density at radius 1 is 1.15 bits per heavy atom. The van der Waals surface area contributed by atoms with E-state index in [1.165, 1.54) is 25.1 Å². The van der Waals surface area contributed by atoms with Crippen molar-refractivity contribution in [2.75, 3.05) is 6.61 Å². The van der Waals surface area contributed by atoms with Gasteiger partial charge in [-0.3, -0.25) is 19.2 Å². The van der Waals surface area contributed by atoms with Crippen molar-refractivity contribution < 1.29 is 28.3 Å². The Bertz CT molecular complexity index is 680. The SMILES string of the molecule is CCOC(=O)C[C@@H](NC(=O)[C@@H](Cc1ccccc1F)NC(C)=O)C(N)=O. The van der Waals surface area contributed by atoms with Gasteiger partial charge < -0.3 is 21.1 Å². The zero-order chi connectivity index (χ0) is 19.7. The molecule has 0 fully saturated rings. The van der Waals surface area contributed by atoms with Crippen molar-refractivity contribution in [3.05, 3.63) is 35.6 Å². The van der Waals surface area contributed by atoms with E-state index < -0.39 is 48.0 Å². The van der Waals surface area contributed by atoms with Crippen LogP contribution in [0, 0.1) is 5.82 Å². The summed E-state index contributed by atoms with van der Waals surface area (Å²) in [6.07, 6.45) is -0.579. The van der Waals surface area contributed by atoms with Gasteiger partial charge >= 0.3 is 5.97 Å². The Morgan fingerprint density at radius 3 is 2.35 bits per heavy atom. The normalized spacial score (nSPS) is 12.6. The second kappa shape index (κ2) is 10.1. The number of halogens is 1. The summed E-state index contributed by atoms with van der Waals surface area (Å²) in [7, 11) is 0. The summed E-state index contributed by atoms with van der Waals surface area (Å²) in [6.45, 7) is 2.91. The van der Waals surface area contributed by atoms with E-state index in [1.807, 2.05) is 0 Å². The lowest BCUT2D eigenvalue weighted by atomic mass is 10.0. The average molecular weight is 367 g/mol. The molecule has 1 aromatic carbocycles. The van der Waals surface area contributed by atoms with Crippen LogP contribution < -0.4 is 16.4 Å². The van der Waals surface area contributed by atoms with Crippen LogP contribution in [0.4, 0.5) is 4.39 Å². The fraction of sp³-hybridized carbons (Fsp3) is 0.412. The van der Waals surface area contributed by atoms with Gasteiger partial charge in [0, 0.05) is 13.3 Å². The van der Waals surface area contributed by atoms with Gasteiger partial charge in [0.15, 0.2) is 0 Å². The molecule has 0 saturated carbocycles. The van der Waals surface area contributed by atoms with E-state index in [4.69, 9.17) is 10.5 Å². The van der Waals surface area contributed by atoms with E-state index in [0.717, 1.165) is 0 Å². The number of hydrogen-bond donors (Lipinski definition) is 3. The molecule has 0 saturated heterocycles. The summed E-state index contributed by atoms with van der Waals surface area (Å²) >= 11 is 0. The number of carbonyl (C=O) groups excluding carboxylic acids is 4. The fourth-order valence-corrected chi connectivity index (χ4v) is 2.22. The number of benzene rings is 1. The van der Waals surface area contributed by atoms with Crippen molar-refractivity contribution in [1.29, 1.82) is 0 Å². The van der Waals surface area contributed by atoms with Crippen LogP contribution >= 0.6 is 0 Å². The van der Waals surface area contributed by atoms with Gasteiger partial charge in [-0.15, -0.1) is 0 Å². The van der Waals surface area contributed by atoms with Gasteiger partial charge in [0.1, 0.15) is 17.9 Å². The average Bonchev–Trinajstić information content (AvgIpc) is 2.55. The summed E-state index contributed by atoms with van der Waals surface area (Å²) in [5.41, 5.74) is 5.41. The second-order valence-electron chi connectivity index (χ2n) is 5.52. The summed E-state index contributed by atoms with van der Waals surface area (Å²) < 4.78 is 18.5. The van der Waals surface area contributed by atoms with E-state index >= 15 is 0 Å². The molecule has 0 aliphatic rings. The first-order valence-electron chi connectivity index (χ1n) is 8.00. The van der Waals surface area contributed by atoms with Crippen LogP contribution in [0.5, 0.6) is 0 Å². The molecule has 0 radical (unpaired) electrons. The van der Waals surface area contributed by atoms with Crippen molar-refractivity contribution in [2.45, 2.75) is 38.8 Å². The predicted molar refractivity (Wildman–Crippen MR) is 90.1 cm³/mol. The standard InChI is InChI=1S/C17H22FN3O5/c1-3-26-15(23)9-13(16(19)24)21-17(25)14(20-10(2)22)8-11-6-4-5-7-12(11)18/h4-7,13-14H,3,8-9H2,1-2H3,(H2,19,24)(H,20,22)(H,21,25)/t13-,14-/m1/s1. The number of carbonyl (C=O) groups is 4. The van der Waals surface area contributed by atoms with E-state index in [-0.39, 0.29) is 18.6 Å². The Balaban J connectivity index is 2.89. The van der Waals surface area contributed by atoms with Crippen LogP contribution in [-0.4, -0.2) is 42.4 Å². The molecular formula is C17H22FN3O5. The molecule has 142 valence electrons. The summed E-state index contributed by atoms with van der Waals surface area (Å²) in [6, 6.07) is 3.34. The number of primary amides is 1. The van der Waals surface area contributed by atoms with Crippen LogP contribution in [0.2, 0.25) is 0 Å². The number of rotatable bonds is 9. The van der Waals surface area contributed by atoms with Crippen LogP contribution in [-0.2, 0) is 30.3 Å². The van der Waals surface area contributed by atoms with E-state index in [9.17, 15) is 23.6 Å². The summed E-state index contributed by atoms with van der Waals surface area (Å²) in [5, 5.41) is 4.69. The zero-order valence-electron chi connectivity index (χ0n) is 14.6. The third kappa shape index (κ3) is 6.88. The number of nitrogens with two attached hydrogens (primary N) is 1. The molecule has 0 heterocycles. The third-order valence-electron chi connectivity index (χ3n) is 3.41. The maximum atomic E-state index is 13.8. The van der Waals surface area contributed by atoms with E-state index in [1.54, 1.807) is 13.0 Å². The molecule has 0 unspecified atom stereocenters. The molecule has 1 rings (SSSR count). The zero-order valence-corrected chi connectivity index (χ0v) is 14.6. The lowest BCUT2D eigenvalue weighted by molar-refractivity contribution is -0.145. The molecular weight excluding hydrogens is 345 g/mol. The minimum Gasteiger partial charge on any atom is -0.466 e. The second-order valence-corrected chi connectivity index (χ2v) is 5.52. The Hall–Kier alpha value is -2.97. The van der Waals surface area contributed by atoms with Gasteiger partial charge in [0.2, 0.25) is 17.7 Å². The molecule has 0 aliphatic carbocycles. The molecule has 1 aromatic rings. The smallest absolute Gasteiger partial charge is 0.308 e. The summed E-state index contributed by atoms with van der Waals surface area (Å²) in [5.74, 6) is -3.45. The summed E-state index contributed by atoms with van der Waals surface area (Å²) in [4.78, 5) is 46.8. The molecule has 0 bridgehead atoms. The lowest BCUT2D eigenvalue weighted by Gasteiger charge is -2.21. The highest BCUT2D eigenvalue weighted by molar-refractivity contribution is 5.93. The van der Waals surface area contributed by atoms with Gasteiger partial charge in [-0.2, -0.15) is 0 Å². The molecule has 0 aromatic heterocycles. The molecule has 8 nitrogen and oxygen atoms in total. The maximum Gasteiger partial charge on any atom is 0.308 e. The Kier molecular flexibility index (Phi) is 8.20. The van der Waals surface area contributed by atoms with Crippen molar-refractivity contribution in [3.63, 3.8) is 0 Å². The molecule has 2 atom stereocenters. The monoisotopic (exact) mass is 367 g/mol. The van der Waals surface area contributed by atoms with Crippen LogP contribution in [0.1, 0.15) is 25.8 Å². The van der Waals surface area contributed by atoms with Crippen molar-refractivity contribution in [3.8, 4) is 0 Å². The van der Waals surface area contributed by atoms with Gasteiger partial charge in [-0.25, -0.2) is 4.39 Å². The third-order valence-corrected chi connectivity index (χ3v) is 3.41. The highest BCUT2D eigenvalue weighted by atomic mass is 19.1. The first-order chi connectivity index (χ1) is 12.2. The fourth-order valence-electron chi connectivity index (χ4n) is 2.22. The van der Waals surface area contributed by atoms with E-state index in [2.05, 4.69) is 10.6 Å². The minimum atomic E-state index is -1.31. The molecule has 26 heavy (non-hydrogen) atoms. The van der Waals surface area contributed by atoms with Crippen LogP contribution in [0.3, 0.4) is 0 Å². The number of amides is 3. The van der Waals surface area contributed by atoms with E-state index in [0.29, 0.717) is 0 Å². The first kappa shape index (κ1) is 21.1. The molecule has 0 spiro atoms. The predicted octanol–water partition coefficient (Wildman–Crippen LogP) is -0.204. The topological polar surface area (TPSA) is 128 Å². The van der Waals surface area contributed by atoms with Gasteiger partial charge in [0.25, 0.3) is 0 Å². The van der Waals surface area contributed by atoms with Gasteiger partial charge in [-0.1, -0.05) is 18.2 Å². The highest BCUT2D eigenvalue weighted by Gasteiger charge is 2.27. The number of hydrogen-bond acceptors (Lipinski definition) is 5. The van der Waals surface area contributed by atoms with Gasteiger partial charge in [0.05, 0.1) is 13.0 Å². The van der Waals surface area contributed by atoms with Crippen LogP contribution in [0.25, 0.3) is 0 Å². The molecule has 4 N–H and O–H groups in total.